The minimum absolute atomic E-state index is 0.327. The molecule has 86 valence electrons. The Morgan fingerprint density at radius 3 is 2.29 bits per heavy atom. The van der Waals surface area contributed by atoms with Crippen LogP contribution in [0, 0.1) is 12.3 Å². The van der Waals surface area contributed by atoms with Crippen LogP contribution in [0.4, 0.5) is 0 Å². The largest absolute Gasteiger partial charge is 0.224 e. The molecule has 0 amide bonds. The molecule has 2 nitrogen and oxygen atoms in total. The van der Waals surface area contributed by atoms with Crippen LogP contribution < -0.4 is 0 Å². The molecule has 0 N–H and O–H groups in total. The maximum atomic E-state index is 11.3. The summed E-state index contributed by atoms with van der Waals surface area (Å²) in [5.74, 6) is 2.58. The molecular formula is C13H10O2S2. The van der Waals surface area contributed by atoms with Gasteiger partial charge in [0.05, 0.1) is 9.77 Å². The van der Waals surface area contributed by atoms with Crippen molar-refractivity contribution in [2.45, 2.75) is 4.90 Å². The third-order valence-corrected chi connectivity index (χ3v) is 4.35. The Balaban J connectivity index is 2.40. The first-order valence-electron chi connectivity index (χ1n) is 4.86. The fourth-order valence-electron chi connectivity index (χ4n) is 1.46. The molecule has 0 radical (unpaired) electrons. The average molecular weight is 262 g/mol. The van der Waals surface area contributed by atoms with Crippen molar-refractivity contribution in [2.75, 3.05) is 6.26 Å². The number of hydrogen-bond acceptors (Lipinski definition) is 3. The van der Waals surface area contributed by atoms with Crippen molar-refractivity contribution in [1.29, 1.82) is 0 Å². The monoisotopic (exact) mass is 262 g/mol. The summed E-state index contributed by atoms with van der Waals surface area (Å²) in [6, 6.07) is 8.72. The molecule has 0 aliphatic carbocycles. The van der Waals surface area contributed by atoms with E-state index in [-0.39, 0.29) is 0 Å². The van der Waals surface area contributed by atoms with Crippen LogP contribution in [-0.2, 0) is 9.84 Å². The number of sulfone groups is 1. The van der Waals surface area contributed by atoms with E-state index in [1.807, 2.05) is 11.4 Å². The maximum Gasteiger partial charge on any atom is 0.175 e. The fraction of sp³-hybridized carbons (Fsp3) is 0.0769. The van der Waals surface area contributed by atoms with Gasteiger partial charge in [-0.05, 0) is 34.7 Å². The molecule has 4 heteroatoms. The van der Waals surface area contributed by atoms with E-state index in [0.717, 1.165) is 16.0 Å². The highest BCUT2D eigenvalue weighted by Crippen LogP contribution is 2.26. The summed E-state index contributed by atoms with van der Waals surface area (Å²) < 4.78 is 22.6. The second-order valence-corrected chi connectivity index (χ2v) is 6.57. The van der Waals surface area contributed by atoms with E-state index in [1.165, 1.54) is 17.6 Å². The minimum atomic E-state index is -3.13. The summed E-state index contributed by atoms with van der Waals surface area (Å²) in [5.41, 5.74) is 1.98. The van der Waals surface area contributed by atoms with E-state index in [1.54, 1.807) is 24.3 Å². The van der Waals surface area contributed by atoms with Crippen molar-refractivity contribution in [3.05, 3.63) is 40.6 Å². The molecule has 2 aromatic rings. The Morgan fingerprint density at radius 2 is 1.82 bits per heavy atom. The van der Waals surface area contributed by atoms with Gasteiger partial charge < -0.3 is 0 Å². The van der Waals surface area contributed by atoms with Crippen molar-refractivity contribution in [1.82, 2.24) is 0 Å². The van der Waals surface area contributed by atoms with Gasteiger partial charge in [-0.15, -0.1) is 17.8 Å². The zero-order valence-electron chi connectivity index (χ0n) is 9.17. The van der Waals surface area contributed by atoms with Crippen LogP contribution in [0.3, 0.4) is 0 Å². The Bertz CT molecular complexity index is 671. The SMILES string of the molecule is C#Cc1cc(-c2ccc(S(C)(=O)=O)cc2)cs1. The summed E-state index contributed by atoms with van der Waals surface area (Å²) in [6.45, 7) is 0. The highest BCUT2D eigenvalue weighted by molar-refractivity contribution is 7.90. The van der Waals surface area contributed by atoms with Crippen LogP contribution >= 0.6 is 11.3 Å². The molecule has 17 heavy (non-hydrogen) atoms. The lowest BCUT2D eigenvalue weighted by Gasteiger charge is -2.00. The Morgan fingerprint density at radius 1 is 1.18 bits per heavy atom. The van der Waals surface area contributed by atoms with Gasteiger partial charge >= 0.3 is 0 Å². The molecule has 1 aromatic carbocycles. The number of rotatable bonds is 2. The summed E-state index contributed by atoms with van der Waals surface area (Å²) in [7, 11) is -3.13. The molecule has 0 aliphatic heterocycles. The molecule has 1 aromatic heterocycles. The van der Waals surface area contributed by atoms with Crippen LogP contribution in [0.2, 0.25) is 0 Å². The molecule has 0 saturated carbocycles. The fourth-order valence-corrected chi connectivity index (χ4v) is 2.81. The quantitative estimate of drug-likeness (QED) is 0.780. The molecule has 0 fully saturated rings. The second-order valence-electron chi connectivity index (χ2n) is 3.64. The first-order valence-corrected chi connectivity index (χ1v) is 7.63. The Hall–Kier alpha value is -1.57. The van der Waals surface area contributed by atoms with Gasteiger partial charge in [0.1, 0.15) is 0 Å². The van der Waals surface area contributed by atoms with Crippen molar-refractivity contribution in [2.24, 2.45) is 0 Å². The molecular weight excluding hydrogens is 252 g/mol. The highest BCUT2D eigenvalue weighted by atomic mass is 32.2. The summed E-state index contributed by atoms with van der Waals surface area (Å²) in [6.07, 6.45) is 6.50. The van der Waals surface area contributed by atoms with Gasteiger partial charge in [0.2, 0.25) is 0 Å². The van der Waals surface area contributed by atoms with Gasteiger partial charge in [0.25, 0.3) is 0 Å². The molecule has 0 bridgehead atoms. The van der Waals surface area contributed by atoms with Gasteiger partial charge in [-0.25, -0.2) is 8.42 Å². The van der Waals surface area contributed by atoms with Gasteiger partial charge in [0.15, 0.2) is 9.84 Å². The van der Waals surface area contributed by atoms with Crippen molar-refractivity contribution < 1.29 is 8.42 Å². The summed E-state index contributed by atoms with van der Waals surface area (Å²) >= 11 is 1.50. The van der Waals surface area contributed by atoms with Crippen LogP contribution in [0.1, 0.15) is 4.88 Å². The minimum Gasteiger partial charge on any atom is -0.224 e. The molecule has 0 saturated heterocycles. The molecule has 0 unspecified atom stereocenters. The van der Waals surface area contributed by atoms with Crippen molar-refractivity contribution in [3.8, 4) is 23.5 Å². The van der Waals surface area contributed by atoms with E-state index in [4.69, 9.17) is 6.42 Å². The molecule has 2 rings (SSSR count). The number of thiophene rings is 1. The van der Waals surface area contributed by atoms with E-state index < -0.39 is 9.84 Å². The Kier molecular flexibility index (Phi) is 3.05. The lowest BCUT2D eigenvalue weighted by molar-refractivity contribution is 0.602. The van der Waals surface area contributed by atoms with Crippen LogP contribution in [-0.4, -0.2) is 14.7 Å². The average Bonchev–Trinajstić information content (AvgIpc) is 2.76. The number of hydrogen-bond donors (Lipinski definition) is 0. The van der Waals surface area contributed by atoms with Crippen LogP contribution in [0.5, 0.6) is 0 Å². The number of terminal acetylenes is 1. The molecule has 0 spiro atoms. The zero-order valence-corrected chi connectivity index (χ0v) is 10.8. The standard InChI is InChI=1S/C13H10O2S2/c1-3-12-8-11(9-16-12)10-4-6-13(7-5-10)17(2,14)15/h1,4-9H,2H3. The van der Waals surface area contributed by atoms with Gasteiger partial charge in [-0.3, -0.25) is 0 Å². The highest BCUT2D eigenvalue weighted by Gasteiger charge is 2.07. The maximum absolute atomic E-state index is 11.3. The van der Waals surface area contributed by atoms with E-state index in [9.17, 15) is 8.42 Å². The first-order chi connectivity index (χ1) is 8.00. The predicted molar refractivity (Wildman–Crippen MR) is 70.8 cm³/mol. The van der Waals surface area contributed by atoms with Gasteiger partial charge in [-0.1, -0.05) is 18.1 Å². The van der Waals surface area contributed by atoms with Gasteiger partial charge in [-0.2, -0.15) is 0 Å². The third kappa shape index (κ3) is 2.57. The Labute approximate surface area is 105 Å². The normalized spacial score (nSPS) is 11.1. The van der Waals surface area contributed by atoms with Gasteiger partial charge in [0, 0.05) is 6.26 Å². The van der Waals surface area contributed by atoms with Crippen LogP contribution in [0.25, 0.3) is 11.1 Å². The topological polar surface area (TPSA) is 34.1 Å². The molecule has 0 aliphatic rings. The summed E-state index contributed by atoms with van der Waals surface area (Å²) in [5, 5.41) is 1.96. The second kappa shape index (κ2) is 4.36. The van der Waals surface area contributed by atoms with Crippen molar-refractivity contribution >= 4 is 21.2 Å². The third-order valence-electron chi connectivity index (χ3n) is 2.36. The zero-order chi connectivity index (χ0) is 12.5. The lowest BCUT2D eigenvalue weighted by atomic mass is 10.1. The lowest BCUT2D eigenvalue weighted by Crippen LogP contribution is -1.95. The van der Waals surface area contributed by atoms with E-state index >= 15 is 0 Å². The number of benzene rings is 1. The van der Waals surface area contributed by atoms with Crippen molar-refractivity contribution in [3.63, 3.8) is 0 Å². The smallest absolute Gasteiger partial charge is 0.175 e. The summed E-state index contributed by atoms with van der Waals surface area (Å²) in [4.78, 5) is 1.20. The van der Waals surface area contributed by atoms with E-state index in [0.29, 0.717) is 4.90 Å². The first kappa shape index (κ1) is 11.9. The molecule has 0 atom stereocenters. The predicted octanol–water partition coefficient (Wildman–Crippen LogP) is 2.80. The molecule has 1 heterocycles. The van der Waals surface area contributed by atoms with Crippen LogP contribution in [0.15, 0.2) is 40.6 Å². The van der Waals surface area contributed by atoms with E-state index in [2.05, 4.69) is 5.92 Å².